The van der Waals surface area contributed by atoms with Crippen LogP contribution in [-0.2, 0) is 10.3 Å². The van der Waals surface area contributed by atoms with Gasteiger partial charge in [0.2, 0.25) is 12.7 Å². The molecule has 1 aromatic carbocycles. The lowest BCUT2D eigenvalue weighted by Gasteiger charge is -2.24. The zero-order valence-corrected chi connectivity index (χ0v) is 15.2. The van der Waals surface area contributed by atoms with Crippen molar-refractivity contribution in [2.75, 3.05) is 12.1 Å². The number of nitrogens with zero attached hydrogens (tertiary/aromatic N) is 4. The summed E-state index contributed by atoms with van der Waals surface area (Å²) in [6.07, 6.45) is 3.03. The Labute approximate surface area is 160 Å². The minimum atomic E-state index is -1.28. The lowest BCUT2D eigenvalue weighted by Crippen LogP contribution is -2.47. The number of hydrogen-bond donors (Lipinski definition) is 1. The number of benzene rings is 1. The molecule has 1 aliphatic heterocycles. The topological polar surface area (TPSA) is 108 Å². The third kappa shape index (κ3) is 3.18. The second-order valence-corrected chi connectivity index (χ2v) is 6.62. The molecule has 3 aromatic rings. The van der Waals surface area contributed by atoms with Crippen LogP contribution in [0.4, 0.5) is 5.95 Å². The molecule has 3 heterocycles. The summed E-state index contributed by atoms with van der Waals surface area (Å²) in [5.74, 6) is 0.951. The van der Waals surface area contributed by atoms with Gasteiger partial charge in [0.1, 0.15) is 5.54 Å². The van der Waals surface area contributed by atoms with Gasteiger partial charge in [-0.3, -0.25) is 14.9 Å². The zero-order chi connectivity index (χ0) is 19.7. The lowest BCUT2D eigenvalue weighted by atomic mass is 10.0. The van der Waals surface area contributed by atoms with Gasteiger partial charge in [0.15, 0.2) is 11.5 Å². The van der Waals surface area contributed by atoms with Gasteiger partial charge in [-0.2, -0.15) is 5.10 Å². The van der Waals surface area contributed by atoms with Crippen molar-refractivity contribution < 1.29 is 14.3 Å². The second-order valence-electron chi connectivity index (χ2n) is 6.62. The molecular formula is C19H17N5O4. The van der Waals surface area contributed by atoms with Gasteiger partial charge >= 0.3 is 0 Å². The molecule has 0 fully saturated rings. The number of carbonyl (C=O) groups excluding carboxylic acids is 1. The summed E-state index contributed by atoms with van der Waals surface area (Å²) in [7, 11) is 0. The van der Waals surface area contributed by atoms with E-state index in [2.05, 4.69) is 20.4 Å². The average Bonchev–Trinajstić information content (AvgIpc) is 3.16. The quantitative estimate of drug-likeness (QED) is 0.736. The van der Waals surface area contributed by atoms with Crippen LogP contribution < -0.4 is 20.3 Å². The Morgan fingerprint density at radius 2 is 1.86 bits per heavy atom. The van der Waals surface area contributed by atoms with Gasteiger partial charge in [-0.1, -0.05) is 0 Å². The molecule has 28 heavy (non-hydrogen) atoms. The summed E-state index contributed by atoms with van der Waals surface area (Å²) in [5, 5.41) is 7.01. The molecule has 0 saturated carbocycles. The number of rotatable bonds is 4. The molecule has 0 spiro atoms. The van der Waals surface area contributed by atoms with Gasteiger partial charge in [-0.05, 0) is 44.2 Å². The minimum Gasteiger partial charge on any atom is -0.454 e. The highest BCUT2D eigenvalue weighted by Gasteiger charge is 2.33. The average molecular weight is 379 g/mol. The molecule has 1 aliphatic rings. The van der Waals surface area contributed by atoms with Crippen LogP contribution in [0.25, 0.3) is 11.3 Å². The number of anilines is 1. The molecule has 0 bridgehead atoms. The van der Waals surface area contributed by atoms with E-state index < -0.39 is 17.0 Å². The number of amides is 1. The smallest absolute Gasteiger partial charge is 0.267 e. The molecule has 142 valence electrons. The fourth-order valence-corrected chi connectivity index (χ4v) is 2.74. The SMILES string of the molecule is CC(C)(C(=O)Nc1ncccn1)n1nc(-c2ccc3c(c2)OCO3)ccc1=O. The lowest BCUT2D eigenvalue weighted by molar-refractivity contribution is -0.123. The van der Waals surface area contributed by atoms with Crippen LogP contribution in [0.2, 0.25) is 0 Å². The normalized spacial score (nSPS) is 12.6. The van der Waals surface area contributed by atoms with Crippen LogP contribution in [0.15, 0.2) is 53.6 Å². The van der Waals surface area contributed by atoms with Crippen molar-refractivity contribution >= 4 is 11.9 Å². The van der Waals surface area contributed by atoms with Crippen LogP contribution in [0.5, 0.6) is 11.5 Å². The van der Waals surface area contributed by atoms with Gasteiger partial charge in [0, 0.05) is 24.0 Å². The Kier molecular flexibility index (Phi) is 4.26. The van der Waals surface area contributed by atoms with Gasteiger partial charge < -0.3 is 9.47 Å². The first kappa shape index (κ1) is 17.7. The standard InChI is InChI=1S/C19H17N5O4/c1-19(2,17(26)22-18-20-8-3-9-21-18)24-16(25)7-5-13(23-24)12-4-6-14-15(10-12)28-11-27-14/h3-10H,11H2,1-2H3,(H,20,21,22,26). The van der Waals surface area contributed by atoms with Crippen LogP contribution >= 0.6 is 0 Å². The summed E-state index contributed by atoms with van der Waals surface area (Å²) in [5.41, 5.74) is -0.420. The van der Waals surface area contributed by atoms with Gasteiger partial charge in [0.25, 0.3) is 11.5 Å². The van der Waals surface area contributed by atoms with Gasteiger partial charge in [-0.25, -0.2) is 14.6 Å². The summed E-state index contributed by atoms with van der Waals surface area (Å²) in [6, 6.07) is 9.99. The number of aromatic nitrogens is 4. The van der Waals surface area contributed by atoms with Crippen molar-refractivity contribution in [2.24, 2.45) is 0 Å². The molecule has 9 nitrogen and oxygen atoms in total. The van der Waals surface area contributed by atoms with Crippen molar-refractivity contribution in [3.05, 3.63) is 59.1 Å². The van der Waals surface area contributed by atoms with Gasteiger partial charge in [-0.15, -0.1) is 0 Å². The predicted molar refractivity (Wildman–Crippen MR) is 100 cm³/mol. The largest absolute Gasteiger partial charge is 0.454 e. The van der Waals surface area contributed by atoms with E-state index in [0.717, 1.165) is 10.2 Å². The monoisotopic (exact) mass is 379 g/mol. The highest BCUT2D eigenvalue weighted by atomic mass is 16.7. The highest BCUT2D eigenvalue weighted by molar-refractivity contribution is 5.94. The third-order valence-electron chi connectivity index (χ3n) is 4.34. The Balaban J connectivity index is 1.68. The number of hydrogen-bond acceptors (Lipinski definition) is 7. The molecule has 0 aliphatic carbocycles. The van der Waals surface area contributed by atoms with Crippen molar-refractivity contribution in [1.29, 1.82) is 0 Å². The van der Waals surface area contributed by atoms with Crippen LogP contribution in [0.1, 0.15) is 13.8 Å². The summed E-state index contributed by atoms with van der Waals surface area (Å²) in [4.78, 5) is 33.1. The zero-order valence-electron chi connectivity index (χ0n) is 15.2. The second kappa shape index (κ2) is 6.76. The van der Waals surface area contributed by atoms with E-state index in [1.807, 2.05) is 6.07 Å². The van der Waals surface area contributed by atoms with Crippen molar-refractivity contribution in [3.63, 3.8) is 0 Å². The predicted octanol–water partition coefficient (Wildman–Crippen LogP) is 1.80. The van der Waals surface area contributed by atoms with Crippen LogP contribution in [-0.4, -0.2) is 32.4 Å². The van der Waals surface area contributed by atoms with E-state index in [1.165, 1.54) is 18.5 Å². The number of fused-ring (bicyclic) bond motifs is 1. The summed E-state index contributed by atoms with van der Waals surface area (Å²) < 4.78 is 11.8. The van der Waals surface area contributed by atoms with E-state index in [-0.39, 0.29) is 12.7 Å². The molecule has 0 unspecified atom stereocenters. The third-order valence-corrected chi connectivity index (χ3v) is 4.34. The molecule has 1 N–H and O–H groups in total. The molecule has 0 saturated heterocycles. The first-order chi connectivity index (χ1) is 13.4. The fourth-order valence-electron chi connectivity index (χ4n) is 2.74. The maximum absolute atomic E-state index is 12.8. The molecule has 0 radical (unpaired) electrons. The molecular weight excluding hydrogens is 362 g/mol. The maximum atomic E-state index is 12.8. The Bertz CT molecular complexity index is 1090. The van der Waals surface area contributed by atoms with Crippen molar-refractivity contribution in [3.8, 4) is 22.8 Å². The van der Waals surface area contributed by atoms with E-state index >= 15 is 0 Å². The molecule has 9 heteroatoms. The molecule has 2 aromatic heterocycles. The van der Waals surface area contributed by atoms with E-state index in [1.54, 1.807) is 38.1 Å². The highest BCUT2D eigenvalue weighted by Crippen LogP contribution is 2.35. The van der Waals surface area contributed by atoms with Crippen LogP contribution in [0, 0.1) is 0 Å². The summed E-state index contributed by atoms with van der Waals surface area (Å²) in [6.45, 7) is 3.37. The van der Waals surface area contributed by atoms with E-state index in [9.17, 15) is 9.59 Å². The number of ether oxygens (including phenoxy) is 2. The van der Waals surface area contributed by atoms with E-state index in [0.29, 0.717) is 17.2 Å². The molecule has 4 rings (SSSR count). The molecule has 1 amide bonds. The number of carbonyl (C=O) groups is 1. The first-order valence-corrected chi connectivity index (χ1v) is 8.54. The van der Waals surface area contributed by atoms with Gasteiger partial charge in [0.05, 0.1) is 5.69 Å². The number of nitrogens with one attached hydrogen (secondary N) is 1. The van der Waals surface area contributed by atoms with Crippen LogP contribution in [0.3, 0.4) is 0 Å². The summed E-state index contributed by atoms with van der Waals surface area (Å²) >= 11 is 0. The Hall–Kier alpha value is -3.75. The fraction of sp³-hybridized carbons (Fsp3) is 0.211. The van der Waals surface area contributed by atoms with Crippen molar-refractivity contribution in [1.82, 2.24) is 19.7 Å². The Morgan fingerprint density at radius 3 is 2.64 bits per heavy atom. The van der Waals surface area contributed by atoms with Crippen molar-refractivity contribution in [2.45, 2.75) is 19.4 Å². The first-order valence-electron chi connectivity index (χ1n) is 8.54. The Morgan fingerprint density at radius 1 is 1.11 bits per heavy atom. The minimum absolute atomic E-state index is 0.153. The maximum Gasteiger partial charge on any atom is 0.267 e. The molecule has 0 atom stereocenters. The van der Waals surface area contributed by atoms with E-state index in [4.69, 9.17) is 9.47 Å².